The predicted molar refractivity (Wildman–Crippen MR) is 86.7 cm³/mol. The Bertz CT molecular complexity index is 817. The van der Waals surface area contributed by atoms with E-state index in [0.29, 0.717) is 22.3 Å². The van der Waals surface area contributed by atoms with Gasteiger partial charge in [0.25, 0.3) is 0 Å². The number of hydrogen-bond donors (Lipinski definition) is 0. The number of benzene rings is 1. The zero-order valence-corrected chi connectivity index (χ0v) is 13.3. The van der Waals surface area contributed by atoms with E-state index in [2.05, 4.69) is 4.98 Å². The summed E-state index contributed by atoms with van der Waals surface area (Å²) in [5.41, 5.74) is 0.968. The van der Waals surface area contributed by atoms with E-state index in [0.717, 1.165) is 15.6 Å². The minimum atomic E-state index is -0.440. The van der Waals surface area contributed by atoms with Crippen molar-refractivity contribution in [3.63, 3.8) is 0 Å². The molecule has 4 nitrogen and oxygen atoms in total. The Morgan fingerprint density at radius 1 is 1.32 bits per heavy atom. The average molecular weight is 334 g/mol. The molecule has 0 amide bonds. The van der Waals surface area contributed by atoms with E-state index < -0.39 is 5.97 Å². The van der Waals surface area contributed by atoms with Gasteiger partial charge in [0.05, 0.1) is 16.8 Å². The molecule has 0 aliphatic rings. The van der Waals surface area contributed by atoms with Gasteiger partial charge < -0.3 is 9.47 Å². The lowest BCUT2D eigenvalue weighted by molar-refractivity contribution is 0.0606. The largest absolute Gasteiger partial charge is 0.487 e. The van der Waals surface area contributed by atoms with Crippen LogP contribution in [0.1, 0.15) is 15.2 Å². The fraction of sp³-hybridized carbons (Fsp3) is 0.125. The SMILES string of the molecule is COC(=O)c1sc2c(OCc3cccnc3)cccc2c1Cl. The first-order valence-electron chi connectivity index (χ1n) is 6.51. The second-order valence-electron chi connectivity index (χ2n) is 4.52. The van der Waals surface area contributed by atoms with Gasteiger partial charge >= 0.3 is 5.97 Å². The van der Waals surface area contributed by atoms with Crippen LogP contribution in [0, 0.1) is 0 Å². The van der Waals surface area contributed by atoms with Gasteiger partial charge in [-0.05, 0) is 12.1 Å². The fourth-order valence-electron chi connectivity index (χ4n) is 2.05. The second kappa shape index (κ2) is 6.34. The quantitative estimate of drug-likeness (QED) is 0.667. The maximum absolute atomic E-state index is 11.7. The Balaban J connectivity index is 1.95. The predicted octanol–water partition coefficient (Wildman–Crippen LogP) is 4.32. The maximum Gasteiger partial charge on any atom is 0.349 e. The monoisotopic (exact) mass is 333 g/mol. The molecule has 6 heteroatoms. The minimum Gasteiger partial charge on any atom is -0.487 e. The van der Waals surface area contributed by atoms with Gasteiger partial charge in [-0.25, -0.2) is 4.79 Å². The minimum absolute atomic E-state index is 0.386. The molecule has 1 aromatic carbocycles. The van der Waals surface area contributed by atoms with E-state index in [1.165, 1.54) is 18.4 Å². The first kappa shape index (κ1) is 14.8. The number of carbonyl (C=O) groups excluding carboxylic acids is 1. The van der Waals surface area contributed by atoms with Crippen molar-refractivity contribution >= 4 is 39.0 Å². The van der Waals surface area contributed by atoms with E-state index in [-0.39, 0.29) is 0 Å². The Kier molecular flexibility index (Phi) is 4.27. The summed E-state index contributed by atoms with van der Waals surface area (Å²) in [6, 6.07) is 9.36. The third-order valence-corrected chi connectivity index (χ3v) is 4.81. The van der Waals surface area contributed by atoms with Crippen molar-refractivity contribution in [2.45, 2.75) is 6.61 Å². The van der Waals surface area contributed by atoms with Crippen LogP contribution in [0.2, 0.25) is 5.02 Å². The standard InChI is InChI=1S/C16H12ClNO3S/c1-20-16(19)15-13(17)11-5-2-6-12(14(11)22-15)21-9-10-4-3-7-18-8-10/h2-8H,9H2,1H3. The highest BCUT2D eigenvalue weighted by Gasteiger charge is 2.19. The van der Waals surface area contributed by atoms with Crippen LogP contribution in [-0.2, 0) is 11.3 Å². The number of nitrogens with zero attached hydrogens (tertiary/aromatic N) is 1. The van der Waals surface area contributed by atoms with Crippen molar-refractivity contribution < 1.29 is 14.3 Å². The Morgan fingerprint density at radius 3 is 2.91 bits per heavy atom. The Hall–Kier alpha value is -2.11. The lowest BCUT2D eigenvalue weighted by Crippen LogP contribution is -1.97. The van der Waals surface area contributed by atoms with Crippen LogP contribution in [0.3, 0.4) is 0 Å². The third kappa shape index (κ3) is 2.77. The summed E-state index contributed by atoms with van der Waals surface area (Å²) in [5, 5.41) is 1.19. The summed E-state index contributed by atoms with van der Waals surface area (Å²) in [6.07, 6.45) is 3.47. The summed E-state index contributed by atoms with van der Waals surface area (Å²) in [6.45, 7) is 0.399. The van der Waals surface area contributed by atoms with Crippen molar-refractivity contribution in [1.29, 1.82) is 0 Å². The first-order chi connectivity index (χ1) is 10.7. The molecule has 3 aromatic rings. The Labute approximate surface area is 136 Å². The van der Waals surface area contributed by atoms with Crippen molar-refractivity contribution in [3.8, 4) is 5.75 Å². The number of pyridine rings is 1. The van der Waals surface area contributed by atoms with Crippen LogP contribution in [0.25, 0.3) is 10.1 Å². The van der Waals surface area contributed by atoms with E-state index in [1.807, 2.05) is 30.3 Å². The maximum atomic E-state index is 11.7. The second-order valence-corrected chi connectivity index (χ2v) is 5.92. The van der Waals surface area contributed by atoms with Crippen LogP contribution in [0.4, 0.5) is 0 Å². The lowest BCUT2D eigenvalue weighted by atomic mass is 10.2. The number of rotatable bonds is 4. The van der Waals surface area contributed by atoms with E-state index in [4.69, 9.17) is 21.1 Å². The van der Waals surface area contributed by atoms with Gasteiger partial charge in [-0.2, -0.15) is 0 Å². The van der Waals surface area contributed by atoms with E-state index >= 15 is 0 Å². The van der Waals surface area contributed by atoms with Crippen LogP contribution in [-0.4, -0.2) is 18.1 Å². The molecule has 22 heavy (non-hydrogen) atoms. The number of aromatic nitrogens is 1. The zero-order chi connectivity index (χ0) is 15.5. The fourth-order valence-corrected chi connectivity index (χ4v) is 3.53. The molecule has 0 N–H and O–H groups in total. The zero-order valence-electron chi connectivity index (χ0n) is 11.7. The molecule has 0 spiro atoms. The summed E-state index contributed by atoms with van der Waals surface area (Å²) in [4.78, 5) is 16.2. The third-order valence-electron chi connectivity index (χ3n) is 3.11. The molecular formula is C16H12ClNO3S. The molecule has 0 fully saturated rings. The topological polar surface area (TPSA) is 48.4 Å². The number of fused-ring (bicyclic) bond motifs is 1. The van der Waals surface area contributed by atoms with Crippen LogP contribution in [0.15, 0.2) is 42.7 Å². The number of halogens is 1. The van der Waals surface area contributed by atoms with Crippen LogP contribution in [0.5, 0.6) is 5.75 Å². The van der Waals surface area contributed by atoms with Crippen LogP contribution >= 0.6 is 22.9 Å². The molecule has 0 aliphatic carbocycles. The molecule has 2 heterocycles. The summed E-state index contributed by atoms with van der Waals surface area (Å²) >= 11 is 7.54. The lowest BCUT2D eigenvalue weighted by Gasteiger charge is -2.06. The molecule has 0 saturated carbocycles. The number of hydrogen-bond acceptors (Lipinski definition) is 5. The molecule has 2 aromatic heterocycles. The van der Waals surface area contributed by atoms with Gasteiger partial charge in [0, 0.05) is 23.3 Å². The van der Waals surface area contributed by atoms with Crippen molar-refractivity contribution in [2.75, 3.05) is 7.11 Å². The van der Waals surface area contributed by atoms with Crippen molar-refractivity contribution in [2.24, 2.45) is 0 Å². The van der Waals surface area contributed by atoms with E-state index in [9.17, 15) is 4.79 Å². The van der Waals surface area contributed by atoms with Gasteiger partial charge in [0.2, 0.25) is 0 Å². The number of thiophene rings is 1. The molecule has 3 rings (SSSR count). The summed E-state index contributed by atoms with van der Waals surface area (Å²) in [5.74, 6) is 0.243. The van der Waals surface area contributed by atoms with Gasteiger partial charge in [-0.1, -0.05) is 29.8 Å². The number of carbonyl (C=O) groups is 1. The molecule has 0 unspecified atom stereocenters. The highest BCUT2D eigenvalue weighted by atomic mass is 35.5. The molecule has 112 valence electrons. The van der Waals surface area contributed by atoms with Gasteiger partial charge in [-0.15, -0.1) is 11.3 Å². The molecule has 0 bridgehead atoms. The van der Waals surface area contributed by atoms with E-state index in [1.54, 1.807) is 12.4 Å². The highest BCUT2D eigenvalue weighted by Crippen LogP contribution is 2.40. The number of esters is 1. The first-order valence-corrected chi connectivity index (χ1v) is 7.71. The van der Waals surface area contributed by atoms with Gasteiger partial charge in [0.15, 0.2) is 0 Å². The highest BCUT2D eigenvalue weighted by molar-refractivity contribution is 7.22. The number of methoxy groups -OCH3 is 1. The molecule has 0 radical (unpaired) electrons. The normalized spacial score (nSPS) is 10.6. The smallest absolute Gasteiger partial charge is 0.349 e. The number of ether oxygens (including phenoxy) is 2. The van der Waals surface area contributed by atoms with Crippen molar-refractivity contribution in [1.82, 2.24) is 4.98 Å². The van der Waals surface area contributed by atoms with Gasteiger partial charge in [0.1, 0.15) is 17.2 Å². The van der Waals surface area contributed by atoms with Crippen LogP contribution < -0.4 is 4.74 Å². The molecule has 0 saturated heterocycles. The molecule has 0 aliphatic heterocycles. The molecule has 0 atom stereocenters. The summed E-state index contributed by atoms with van der Waals surface area (Å²) < 4.78 is 11.4. The Morgan fingerprint density at radius 2 is 2.18 bits per heavy atom. The summed E-state index contributed by atoms with van der Waals surface area (Å²) in [7, 11) is 1.34. The molecular weight excluding hydrogens is 322 g/mol. The van der Waals surface area contributed by atoms with Crippen molar-refractivity contribution in [3.05, 3.63) is 58.2 Å². The van der Waals surface area contributed by atoms with Gasteiger partial charge in [-0.3, -0.25) is 4.98 Å². The average Bonchev–Trinajstić information content (AvgIpc) is 2.91.